The Morgan fingerprint density at radius 2 is 1.33 bits per heavy atom. The Morgan fingerprint density at radius 1 is 0.741 bits per heavy atom. The number of hydrogen-bond donors (Lipinski definition) is 2. The van der Waals surface area contributed by atoms with E-state index in [0.29, 0.717) is 11.5 Å². The number of hydrogen-bond acceptors (Lipinski definition) is 5. The van der Waals surface area contributed by atoms with Crippen LogP contribution in [0.3, 0.4) is 0 Å². The maximum atomic E-state index is 9.54. The number of benzene rings is 3. The van der Waals surface area contributed by atoms with Crippen molar-refractivity contribution in [2.75, 3.05) is 0 Å². The third-order valence-corrected chi connectivity index (χ3v) is 4.18. The molecule has 0 aliphatic rings. The summed E-state index contributed by atoms with van der Waals surface area (Å²) >= 11 is 0. The molecular formula is C22H17NO4. The first-order valence-corrected chi connectivity index (χ1v) is 8.46. The first-order chi connectivity index (χ1) is 13.2. The number of aromatic nitrogens is 1. The van der Waals surface area contributed by atoms with Gasteiger partial charge in [-0.05, 0) is 60.7 Å². The van der Waals surface area contributed by atoms with Crippen molar-refractivity contribution in [1.29, 1.82) is 0 Å². The maximum absolute atomic E-state index is 9.54. The van der Waals surface area contributed by atoms with Crippen LogP contribution in [0.15, 0.2) is 83.4 Å². The minimum Gasteiger partial charge on any atom is -0.508 e. The third-order valence-electron chi connectivity index (χ3n) is 4.18. The molecule has 27 heavy (non-hydrogen) atoms. The molecule has 134 valence electrons. The number of ether oxygens (including phenoxy) is 1. The monoisotopic (exact) mass is 359 g/mol. The van der Waals surface area contributed by atoms with E-state index in [1.165, 1.54) is 0 Å². The summed E-state index contributed by atoms with van der Waals surface area (Å²) in [5.41, 5.74) is 3.04. The molecule has 0 unspecified atom stereocenters. The molecule has 4 aromatic rings. The third kappa shape index (κ3) is 3.62. The zero-order valence-corrected chi connectivity index (χ0v) is 14.4. The van der Waals surface area contributed by atoms with Gasteiger partial charge in [-0.25, -0.2) is 0 Å². The summed E-state index contributed by atoms with van der Waals surface area (Å²) < 4.78 is 11.5. The SMILES string of the molecule is Oc1ccc(-c2noc(-c3ccc(O)cc3)c2COc2ccccc2)cc1. The molecule has 2 N–H and O–H groups in total. The predicted octanol–water partition coefficient (Wildman–Crippen LogP) is 5.00. The van der Waals surface area contributed by atoms with E-state index in [1.807, 2.05) is 30.3 Å². The number of phenols is 2. The second-order valence-corrected chi connectivity index (χ2v) is 6.03. The van der Waals surface area contributed by atoms with Crippen LogP contribution < -0.4 is 4.74 Å². The fraction of sp³-hybridized carbons (Fsp3) is 0.0455. The van der Waals surface area contributed by atoms with Crippen molar-refractivity contribution in [2.45, 2.75) is 6.61 Å². The second kappa shape index (κ2) is 7.25. The van der Waals surface area contributed by atoms with Crippen LogP contribution in [-0.2, 0) is 6.61 Å². The molecule has 1 aromatic heterocycles. The molecule has 0 aliphatic carbocycles. The first kappa shape index (κ1) is 16.7. The van der Waals surface area contributed by atoms with E-state index >= 15 is 0 Å². The van der Waals surface area contributed by atoms with Gasteiger partial charge < -0.3 is 19.5 Å². The van der Waals surface area contributed by atoms with Crippen LogP contribution in [-0.4, -0.2) is 15.4 Å². The summed E-state index contributed by atoms with van der Waals surface area (Å²) in [6, 6.07) is 23.0. The average molecular weight is 359 g/mol. The molecule has 0 fully saturated rings. The van der Waals surface area contributed by atoms with Gasteiger partial charge in [0.2, 0.25) is 0 Å². The van der Waals surface area contributed by atoms with E-state index in [4.69, 9.17) is 9.26 Å². The van der Waals surface area contributed by atoms with E-state index in [1.54, 1.807) is 48.5 Å². The highest BCUT2D eigenvalue weighted by Gasteiger charge is 2.20. The normalized spacial score (nSPS) is 10.7. The zero-order valence-electron chi connectivity index (χ0n) is 14.4. The van der Waals surface area contributed by atoms with Crippen LogP contribution in [0.25, 0.3) is 22.6 Å². The lowest BCUT2D eigenvalue weighted by Gasteiger charge is -2.08. The largest absolute Gasteiger partial charge is 0.508 e. The van der Waals surface area contributed by atoms with Gasteiger partial charge in [0, 0.05) is 11.1 Å². The summed E-state index contributed by atoms with van der Waals surface area (Å²) in [6.07, 6.45) is 0. The van der Waals surface area contributed by atoms with Gasteiger partial charge in [0.1, 0.15) is 29.5 Å². The fourth-order valence-electron chi connectivity index (χ4n) is 2.80. The number of nitrogens with zero attached hydrogens (tertiary/aromatic N) is 1. The van der Waals surface area contributed by atoms with Crippen molar-refractivity contribution in [3.63, 3.8) is 0 Å². The fourth-order valence-corrected chi connectivity index (χ4v) is 2.80. The molecule has 0 atom stereocenters. The molecule has 5 heteroatoms. The van der Waals surface area contributed by atoms with Gasteiger partial charge in [-0.3, -0.25) is 0 Å². The van der Waals surface area contributed by atoms with Crippen LogP contribution in [0.4, 0.5) is 0 Å². The summed E-state index contributed by atoms with van der Waals surface area (Å²) in [5, 5.41) is 23.3. The van der Waals surface area contributed by atoms with Crippen LogP contribution >= 0.6 is 0 Å². The van der Waals surface area contributed by atoms with Crippen molar-refractivity contribution in [3.8, 4) is 39.8 Å². The van der Waals surface area contributed by atoms with E-state index in [2.05, 4.69) is 5.16 Å². The minimum absolute atomic E-state index is 0.180. The van der Waals surface area contributed by atoms with Gasteiger partial charge in [0.05, 0.1) is 5.56 Å². The Bertz CT molecular complexity index is 959. The molecular weight excluding hydrogens is 342 g/mol. The van der Waals surface area contributed by atoms with Crippen LogP contribution in [0.1, 0.15) is 5.56 Å². The Labute approximate surface area is 156 Å². The smallest absolute Gasteiger partial charge is 0.174 e. The summed E-state index contributed by atoms with van der Waals surface area (Å²) in [7, 11) is 0. The molecule has 3 aromatic carbocycles. The second-order valence-electron chi connectivity index (χ2n) is 6.03. The van der Waals surface area contributed by atoms with Crippen molar-refractivity contribution in [1.82, 2.24) is 5.16 Å². The molecule has 1 heterocycles. The van der Waals surface area contributed by atoms with E-state index < -0.39 is 0 Å². The molecule has 4 rings (SSSR count). The number of para-hydroxylation sites is 1. The van der Waals surface area contributed by atoms with E-state index in [9.17, 15) is 10.2 Å². The number of aromatic hydroxyl groups is 2. The van der Waals surface area contributed by atoms with E-state index in [-0.39, 0.29) is 18.1 Å². The van der Waals surface area contributed by atoms with Gasteiger partial charge in [-0.2, -0.15) is 0 Å². The van der Waals surface area contributed by atoms with Crippen molar-refractivity contribution in [2.24, 2.45) is 0 Å². The van der Waals surface area contributed by atoms with Crippen molar-refractivity contribution >= 4 is 0 Å². The zero-order chi connectivity index (χ0) is 18.6. The van der Waals surface area contributed by atoms with Crippen LogP contribution in [0.5, 0.6) is 17.2 Å². The molecule has 0 radical (unpaired) electrons. The molecule has 0 aliphatic heterocycles. The standard InChI is InChI=1S/C22H17NO4/c24-17-10-6-15(7-11-17)21-20(14-26-19-4-2-1-3-5-19)22(27-23-21)16-8-12-18(25)13-9-16/h1-13,24-25H,14H2. The van der Waals surface area contributed by atoms with Crippen molar-refractivity contribution in [3.05, 3.63) is 84.4 Å². The lowest BCUT2D eigenvalue weighted by atomic mass is 10.0. The Kier molecular flexibility index (Phi) is 4.49. The highest BCUT2D eigenvalue weighted by Crippen LogP contribution is 2.34. The van der Waals surface area contributed by atoms with Gasteiger partial charge in [-0.15, -0.1) is 0 Å². The highest BCUT2D eigenvalue weighted by molar-refractivity contribution is 5.73. The summed E-state index contributed by atoms with van der Waals surface area (Å²) in [4.78, 5) is 0. The Balaban J connectivity index is 1.74. The topological polar surface area (TPSA) is 75.7 Å². The predicted molar refractivity (Wildman–Crippen MR) is 101 cm³/mol. The molecule has 0 amide bonds. The summed E-state index contributed by atoms with van der Waals surface area (Å²) in [6.45, 7) is 0.264. The number of phenolic OH excluding ortho intramolecular Hbond substituents is 2. The minimum atomic E-state index is 0.180. The van der Waals surface area contributed by atoms with E-state index in [0.717, 1.165) is 22.4 Å². The van der Waals surface area contributed by atoms with Crippen LogP contribution in [0.2, 0.25) is 0 Å². The quantitative estimate of drug-likeness (QED) is 0.524. The highest BCUT2D eigenvalue weighted by atomic mass is 16.5. The summed E-state index contributed by atoms with van der Waals surface area (Å²) in [5.74, 6) is 1.68. The Morgan fingerprint density at radius 3 is 1.96 bits per heavy atom. The first-order valence-electron chi connectivity index (χ1n) is 8.46. The number of rotatable bonds is 5. The average Bonchev–Trinajstić information content (AvgIpc) is 3.12. The van der Waals surface area contributed by atoms with Crippen molar-refractivity contribution < 1.29 is 19.5 Å². The van der Waals surface area contributed by atoms with Gasteiger partial charge >= 0.3 is 0 Å². The van der Waals surface area contributed by atoms with Crippen LogP contribution in [0, 0.1) is 0 Å². The molecule has 0 spiro atoms. The lowest BCUT2D eigenvalue weighted by Crippen LogP contribution is -1.98. The lowest BCUT2D eigenvalue weighted by molar-refractivity contribution is 0.306. The maximum Gasteiger partial charge on any atom is 0.174 e. The molecule has 0 saturated heterocycles. The molecule has 5 nitrogen and oxygen atoms in total. The van der Waals surface area contributed by atoms with Gasteiger partial charge in [0.15, 0.2) is 5.76 Å². The van der Waals surface area contributed by atoms with Gasteiger partial charge in [0.25, 0.3) is 0 Å². The Hall–Kier alpha value is -3.73. The molecule has 0 bridgehead atoms. The van der Waals surface area contributed by atoms with Gasteiger partial charge in [-0.1, -0.05) is 23.4 Å². The molecule has 0 saturated carbocycles.